The van der Waals surface area contributed by atoms with E-state index in [1.165, 1.54) is 11.3 Å². The molecular weight excluding hydrogens is 300 g/mol. The predicted molar refractivity (Wildman–Crippen MR) is 87.1 cm³/mol. The number of benzene rings is 2. The predicted octanol–water partition coefficient (Wildman–Crippen LogP) is 3.68. The smallest absolute Gasteiger partial charge is 0.308 e. The van der Waals surface area contributed by atoms with Crippen LogP contribution < -0.4 is 5.32 Å². The third-order valence-electron chi connectivity index (χ3n) is 3.35. The number of aliphatic carboxylic acids is 1. The van der Waals surface area contributed by atoms with Crippen molar-refractivity contribution in [1.29, 1.82) is 0 Å². The van der Waals surface area contributed by atoms with E-state index in [1.54, 1.807) is 19.1 Å². The zero-order chi connectivity index (χ0) is 15.7. The topological polar surface area (TPSA) is 82.5 Å². The van der Waals surface area contributed by atoms with Crippen molar-refractivity contribution in [2.24, 2.45) is 0 Å². The lowest BCUT2D eigenvalue weighted by atomic mass is 10.1. The lowest BCUT2D eigenvalue weighted by Crippen LogP contribution is -1.99. The summed E-state index contributed by atoms with van der Waals surface area (Å²) in [5.74, 6) is -0.642. The van der Waals surface area contributed by atoms with Crippen LogP contribution in [0.3, 0.4) is 0 Å². The van der Waals surface area contributed by atoms with E-state index in [-0.39, 0.29) is 12.2 Å². The van der Waals surface area contributed by atoms with Gasteiger partial charge in [-0.25, -0.2) is 4.98 Å². The molecule has 0 aliphatic rings. The SMILES string of the molecule is Cc1nc(Nc2cccc3c(O)cccc23)sc1CC(=O)O. The third-order valence-corrected chi connectivity index (χ3v) is 4.42. The molecule has 0 atom stereocenters. The fraction of sp³-hybridized carbons (Fsp3) is 0.125. The van der Waals surface area contributed by atoms with Crippen LogP contribution in [0.25, 0.3) is 10.8 Å². The van der Waals surface area contributed by atoms with Crippen LogP contribution in [0.15, 0.2) is 36.4 Å². The van der Waals surface area contributed by atoms with Gasteiger partial charge in [0.05, 0.1) is 12.1 Å². The van der Waals surface area contributed by atoms with Crippen molar-refractivity contribution in [1.82, 2.24) is 4.98 Å². The van der Waals surface area contributed by atoms with Gasteiger partial charge in [-0.3, -0.25) is 4.79 Å². The Morgan fingerprint density at radius 1 is 1.23 bits per heavy atom. The molecule has 0 radical (unpaired) electrons. The summed E-state index contributed by atoms with van der Waals surface area (Å²) in [6.45, 7) is 1.80. The van der Waals surface area contributed by atoms with E-state index in [0.717, 1.165) is 27.0 Å². The standard InChI is InChI=1S/C16H14N2O3S/c1-9-14(8-15(20)21)22-16(17-9)18-12-6-2-5-11-10(12)4-3-7-13(11)19/h2-7,19H,8H2,1H3,(H,17,18)(H,20,21). The number of phenolic OH excluding ortho intramolecular Hbond substituents is 1. The average molecular weight is 314 g/mol. The molecule has 0 saturated heterocycles. The summed E-state index contributed by atoms with van der Waals surface area (Å²) in [5.41, 5.74) is 1.54. The first kappa shape index (κ1) is 14.3. The Labute approximate surface area is 130 Å². The minimum Gasteiger partial charge on any atom is -0.507 e. The number of carboxylic acids is 1. The number of fused-ring (bicyclic) bond motifs is 1. The van der Waals surface area contributed by atoms with Crippen molar-refractivity contribution in [3.63, 3.8) is 0 Å². The number of aryl methyl sites for hydroxylation is 1. The molecule has 112 valence electrons. The van der Waals surface area contributed by atoms with Gasteiger partial charge in [-0.05, 0) is 19.1 Å². The quantitative estimate of drug-likeness (QED) is 0.684. The molecule has 0 amide bonds. The molecule has 0 fully saturated rings. The molecule has 6 heteroatoms. The Bertz CT molecular complexity index is 858. The number of hydrogen-bond acceptors (Lipinski definition) is 5. The van der Waals surface area contributed by atoms with Crippen LogP contribution >= 0.6 is 11.3 Å². The average Bonchev–Trinajstić information content (AvgIpc) is 2.79. The molecule has 1 aromatic heterocycles. The molecule has 0 bridgehead atoms. The number of rotatable bonds is 4. The van der Waals surface area contributed by atoms with Crippen LogP contribution in [0.1, 0.15) is 10.6 Å². The Morgan fingerprint density at radius 3 is 2.73 bits per heavy atom. The summed E-state index contributed by atoms with van der Waals surface area (Å²) in [6, 6.07) is 10.9. The summed E-state index contributed by atoms with van der Waals surface area (Å²) in [7, 11) is 0. The normalized spacial score (nSPS) is 10.8. The van der Waals surface area contributed by atoms with Gasteiger partial charge in [0, 0.05) is 21.3 Å². The third kappa shape index (κ3) is 2.73. The monoisotopic (exact) mass is 314 g/mol. The number of anilines is 2. The molecule has 0 saturated carbocycles. The molecule has 3 rings (SSSR count). The van der Waals surface area contributed by atoms with E-state index < -0.39 is 5.97 Å². The van der Waals surface area contributed by atoms with Gasteiger partial charge in [0.15, 0.2) is 5.13 Å². The van der Waals surface area contributed by atoms with Crippen LogP contribution in [0.4, 0.5) is 10.8 Å². The molecule has 0 unspecified atom stereocenters. The summed E-state index contributed by atoms with van der Waals surface area (Å²) >= 11 is 1.33. The summed E-state index contributed by atoms with van der Waals surface area (Å²) in [6.07, 6.45) is -0.0263. The van der Waals surface area contributed by atoms with E-state index in [4.69, 9.17) is 5.11 Å². The molecule has 22 heavy (non-hydrogen) atoms. The van der Waals surface area contributed by atoms with E-state index in [2.05, 4.69) is 10.3 Å². The second-order valence-corrected chi connectivity index (χ2v) is 5.98. The first-order valence-corrected chi connectivity index (χ1v) is 7.52. The van der Waals surface area contributed by atoms with Crippen molar-refractivity contribution < 1.29 is 15.0 Å². The fourth-order valence-corrected chi connectivity index (χ4v) is 3.27. The van der Waals surface area contributed by atoms with Crippen molar-refractivity contribution in [2.45, 2.75) is 13.3 Å². The Morgan fingerprint density at radius 2 is 1.95 bits per heavy atom. The molecule has 2 aromatic carbocycles. The van der Waals surface area contributed by atoms with Gasteiger partial charge in [0.25, 0.3) is 0 Å². The molecule has 0 aliphatic carbocycles. The maximum Gasteiger partial charge on any atom is 0.308 e. The van der Waals surface area contributed by atoms with E-state index in [1.807, 2.05) is 24.3 Å². The van der Waals surface area contributed by atoms with Crippen LogP contribution in [-0.2, 0) is 11.2 Å². The van der Waals surface area contributed by atoms with Gasteiger partial charge >= 0.3 is 5.97 Å². The minimum absolute atomic E-state index is 0.0263. The molecule has 3 N–H and O–H groups in total. The highest BCUT2D eigenvalue weighted by Crippen LogP contribution is 2.33. The zero-order valence-corrected chi connectivity index (χ0v) is 12.6. The molecule has 0 spiro atoms. The van der Waals surface area contributed by atoms with Gasteiger partial charge in [0.2, 0.25) is 0 Å². The maximum atomic E-state index is 10.8. The lowest BCUT2D eigenvalue weighted by Gasteiger charge is -2.08. The van der Waals surface area contributed by atoms with Crippen molar-refractivity contribution in [3.05, 3.63) is 47.0 Å². The van der Waals surface area contributed by atoms with Crippen molar-refractivity contribution >= 4 is 38.9 Å². The van der Waals surface area contributed by atoms with Gasteiger partial charge < -0.3 is 15.5 Å². The number of aromatic hydroxyl groups is 1. The highest BCUT2D eigenvalue weighted by atomic mass is 32.1. The summed E-state index contributed by atoms with van der Waals surface area (Å²) < 4.78 is 0. The van der Waals surface area contributed by atoms with Gasteiger partial charge in [-0.15, -0.1) is 11.3 Å². The molecule has 5 nitrogen and oxygen atoms in total. The lowest BCUT2D eigenvalue weighted by molar-refractivity contribution is -0.136. The van der Waals surface area contributed by atoms with Crippen LogP contribution in [0.2, 0.25) is 0 Å². The summed E-state index contributed by atoms with van der Waals surface area (Å²) in [4.78, 5) is 15.9. The van der Waals surface area contributed by atoms with Gasteiger partial charge in [-0.1, -0.05) is 24.3 Å². The number of carbonyl (C=O) groups is 1. The number of hydrogen-bond donors (Lipinski definition) is 3. The zero-order valence-electron chi connectivity index (χ0n) is 11.8. The summed E-state index contributed by atoms with van der Waals surface area (Å²) in [5, 5.41) is 24.3. The molecule has 3 aromatic rings. The second-order valence-electron chi connectivity index (χ2n) is 4.90. The maximum absolute atomic E-state index is 10.8. The van der Waals surface area contributed by atoms with Crippen LogP contribution in [0, 0.1) is 6.92 Å². The highest BCUT2D eigenvalue weighted by Gasteiger charge is 2.12. The first-order valence-electron chi connectivity index (χ1n) is 6.70. The van der Waals surface area contributed by atoms with Gasteiger partial charge in [-0.2, -0.15) is 0 Å². The number of phenols is 1. The highest BCUT2D eigenvalue weighted by molar-refractivity contribution is 7.15. The number of aromatic nitrogens is 1. The molecular formula is C16H14N2O3S. The number of thiazole rings is 1. The van der Waals surface area contributed by atoms with Crippen molar-refractivity contribution in [2.75, 3.05) is 5.32 Å². The van der Waals surface area contributed by atoms with E-state index in [9.17, 15) is 9.90 Å². The minimum atomic E-state index is -0.867. The Hall–Kier alpha value is -2.60. The molecule has 1 heterocycles. The number of carboxylic acid groups (broad SMARTS) is 1. The first-order chi connectivity index (χ1) is 10.5. The fourth-order valence-electron chi connectivity index (χ4n) is 2.30. The van der Waals surface area contributed by atoms with Crippen molar-refractivity contribution in [3.8, 4) is 5.75 Å². The molecule has 0 aliphatic heterocycles. The van der Waals surface area contributed by atoms with Gasteiger partial charge in [0.1, 0.15) is 5.75 Å². The largest absolute Gasteiger partial charge is 0.507 e. The number of nitrogens with one attached hydrogen (secondary N) is 1. The second kappa shape index (κ2) is 5.65. The van der Waals surface area contributed by atoms with Crippen LogP contribution in [0.5, 0.6) is 5.75 Å². The Kier molecular flexibility index (Phi) is 3.68. The number of nitrogens with zero attached hydrogens (tertiary/aromatic N) is 1. The van der Waals surface area contributed by atoms with Crippen LogP contribution in [-0.4, -0.2) is 21.2 Å². The van der Waals surface area contributed by atoms with E-state index in [0.29, 0.717) is 5.13 Å². The Balaban J connectivity index is 1.97. The van der Waals surface area contributed by atoms with E-state index >= 15 is 0 Å².